The van der Waals surface area contributed by atoms with Gasteiger partial charge in [-0.2, -0.15) is 5.11 Å². The number of rotatable bonds is 14. The Hall–Kier alpha value is -2.76. The minimum atomic E-state index is 0.206. The third-order valence-electron chi connectivity index (χ3n) is 5.12. The monoisotopic (exact) mass is 606 g/mol. The van der Waals surface area contributed by atoms with Crippen molar-refractivity contribution in [1.82, 2.24) is 20.3 Å². The van der Waals surface area contributed by atoms with Gasteiger partial charge in [-0.1, -0.05) is 17.3 Å². The molecular weight excluding hydrogens is 580 g/mol. The van der Waals surface area contributed by atoms with Gasteiger partial charge in [-0.3, -0.25) is 4.68 Å². The smallest absolute Gasteiger partial charge is 0.133 e. The molecule has 3 aromatic rings. The van der Waals surface area contributed by atoms with Gasteiger partial charge < -0.3 is 19.5 Å². The number of halogens is 2. The van der Waals surface area contributed by atoms with Gasteiger partial charge in [0.1, 0.15) is 22.9 Å². The van der Waals surface area contributed by atoms with Crippen LogP contribution >= 0.6 is 31.9 Å². The second kappa shape index (κ2) is 14.0. The summed E-state index contributed by atoms with van der Waals surface area (Å²) in [7, 11) is 3.29. The summed E-state index contributed by atoms with van der Waals surface area (Å²) < 4.78 is 19.8. The Morgan fingerprint density at radius 2 is 1.71 bits per heavy atom. The minimum Gasteiger partial charge on any atom is -0.496 e. The van der Waals surface area contributed by atoms with Gasteiger partial charge in [0.25, 0.3) is 0 Å². The number of hydrogen-bond acceptors (Lipinski definition) is 8. The van der Waals surface area contributed by atoms with Crippen LogP contribution in [0, 0.1) is 5.53 Å². The molecule has 0 aliphatic rings. The normalized spacial score (nSPS) is 11.4. The van der Waals surface area contributed by atoms with E-state index < -0.39 is 0 Å². The Bertz CT molecular complexity index is 1150. The van der Waals surface area contributed by atoms with Gasteiger partial charge >= 0.3 is 0 Å². The molecule has 0 saturated carbocycles. The van der Waals surface area contributed by atoms with Crippen molar-refractivity contribution in [3.63, 3.8) is 0 Å². The van der Waals surface area contributed by atoms with Crippen LogP contribution in [0.4, 0.5) is 0 Å². The number of ether oxygens (including phenoxy) is 3. The van der Waals surface area contributed by atoms with Crippen molar-refractivity contribution in [3.8, 4) is 11.5 Å². The van der Waals surface area contributed by atoms with Crippen molar-refractivity contribution in [1.29, 1.82) is 5.53 Å². The van der Waals surface area contributed by atoms with Gasteiger partial charge in [0, 0.05) is 19.3 Å². The minimum absolute atomic E-state index is 0.206. The Balaban J connectivity index is 1.38. The summed E-state index contributed by atoms with van der Waals surface area (Å²) in [5, 5.41) is 15.0. The fourth-order valence-electron chi connectivity index (χ4n) is 3.26. The molecule has 186 valence electrons. The first-order valence-corrected chi connectivity index (χ1v) is 12.5. The average molecular weight is 608 g/mol. The molecule has 0 unspecified atom stereocenters. The Morgan fingerprint density at radius 3 is 2.31 bits per heavy atom. The third kappa shape index (κ3) is 8.44. The van der Waals surface area contributed by atoms with Crippen LogP contribution in [0.5, 0.6) is 11.5 Å². The lowest BCUT2D eigenvalue weighted by atomic mass is 10.1. The lowest BCUT2D eigenvalue weighted by molar-refractivity contribution is 0.138. The maximum atomic E-state index is 7.37. The van der Waals surface area contributed by atoms with Crippen molar-refractivity contribution < 1.29 is 14.2 Å². The number of nitrogens with zero attached hydrogens (tertiary/aromatic N) is 4. The standard InChI is InChI=1S/C24H28Br2N6O3/c1-33-23-5-3-17(11-21(23)25)7-9-28-13-19(29-27)15-35-16-20-14-32(31-30-20)10-8-18-4-6-24(34-2)22(26)12-18/h3-6,11-14,27-28H,7-10,15-16H2,1-2H3/b19-13-,29-27?. The molecular formula is C24H28Br2N6O3. The van der Waals surface area contributed by atoms with E-state index in [1.54, 1.807) is 25.1 Å². The lowest BCUT2D eigenvalue weighted by Gasteiger charge is -2.07. The number of methoxy groups -OCH3 is 2. The molecule has 0 bridgehead atoms. The first-order valence-electron chi connectivity index (χ1n) is 10.9. The van der Waals surface area contributed by atoms with Crippen molar-refractivity contribution >= 4 is 31.9 Å². The van der Waals surface area contributed by atoms with Gasteiger partial charge in [-0.25, -0.2) is 5.53 Å². The van der Waals surface area contributed by atoms with Gasteiger partial charge in [-0.05, 0) is 80.1 Å². The maximum Gasteiger partial charge on any atom is 0.133 e. The van der Waals surface area contributed by atoms with Crippen LogP contribution in [-0.4, -0.2) is 42.4 Å². The average Bonchev–Trinajstić information content (AvgIpc) is 3.32. The number of aryl methyl sites for hydroxylation is 2. The van der Waals surface area contributed by atoms with Crippen molar-refractivity contribution in [2.24, 2.45) is 5.11 Å². The van der Waals surface area contributed by atoms with Crippen LogP contribution in [0.25, 0.3) is 0 Å². The molecule has 0 fully saturated rings. The van der Waals surface area contributed by atoms with Crippen LogP contribution in [0.2, 0.25) is 0 Å². The van der Waals surface area contributed by atoms with Crippen molar-refractivity contribution in [3.05, 3.63) is 80.3 Å². The predicted octanol–water partition coefficient (Wildman–Crippen LogP) is 5.28. The van der Waals surface area contributed by atoms with Crippen LogP contribution in [0.3, 0.4) is 0 Å². The van der Waals surface area contributed by atoms with Gasteiger partial charge in [0.15, 0.2) is 0 Å². The molecule has 0 amide bonds. The zero-order valence-electron chi connectivity index (χ0n) is 19.6. The largest absolute Gasteiger partial charge is 0.496 e. The van der Waals surface area contributed by atoms with Crippen molar-refractivity contribution in [2.75, 3.05) is 27.4 Å². The summed E-state index contributed by atoms with van der Waals surface area (Å²) in [4.78, 5) is 0. The van der Waals surface area contributed by atoms with E-state index in [9.17, 15) is 0 Å². The SMILES string of the molecule is COc1ccc(CCN/C=C(/COCc2cn(CCc3ccc(OC)c(Br)c3)nn2)N=N)cc1Br. The molecule has 9 nitrogen and oxygen atoms in total. The molecule has 11 heteroatoms. The molecule has 1 aromatic heterocycles. The number of nitrogens with one attached hydrogen (secondary N) is 2. The van der Waals surface area contributed by atoms with Gasteiger partial charge in [-0.15, -0.1) is 5.10 Å². The molecule has 0 spiro atoms. The molecule has 0 aliphatic heterocycles. The molecule has 0 saturated heterocycles. The van der Waals surface area contributed by atoms with Gasteiger partial charge in [0.05, 0.1) is 42.6 Å². The van der Waals surface area contributed by atoms with Crippen LogP contribution in [0.1, 0.15) is 16.8 Å². The Labute approximate surface area is 221 Å². The van der Waals surface area contributed by atoms with Crippen molar-refractivity contribution in [2.45, 2.75) is 26.0 Å². The van der Waals surface area contributed by atoms with E-state index in [2.05, 4.69) is 52.6 Å². The quantitative estimate of drug-likeness (QED) is 0.191. The highest BCUT2D eigenvalue weighted by Crippen LogP contribution is 2.26. The number of benzene rings is 2. The van der Waals surface area contributed by atoms with E-state index in [1.807, 2.05) is 42.6 Å². The number of hydrogen-bond donors (Lipinski definition) is 2. The summed E-state index contributed by atoms with van der Waals surface area (Å²) in [6.07, 6.45) is 5.21. The van der Waals surface area contributed by atoms with Crippen LogP contribution < -0.4 is 14.8 Å². The first kappa shape index (κ1) is 26.8. The van der Waals surface area contributed by atoms with Crippen LogP contribution in [0.15, 0.2) is 68.6 Å². The second-order valence-electron chi connectivity index (χ2n) is 7.61. The fraction of sp³-hybridized carbons (Fsp3) is 0.333. The Kier molecular flexibility index (Phi) is 10.7. The highest BCUT2D eigenvalue weighted by molar-refractivity contribution is 9.10. The summed E-state index contributed by atoms with van der Waals surface area (Å²) in [6.45, 7) is 1.91. The topological polar surface area (TPSA) is 107 Å². The van der Waals surface area contributed by atoms with Crippen LogP contribution in [-0.2, 0) is 30.7 Å². The summed E-state index contributed by atoms with van der Waals surface area (Å²) in [5.41, 5.74) is 10.9. The molecule has 2 N–H and O–H groups in total. The molecule has 0 atom stereocenters. The van der Waals surface area contributed by atoms with E-state index in [0.29, 0.717) is 25.4 Å². The molecule has 35 heavy (non-hydrogen) atoms. The molecule has 3 rings (SSSR count). The fourth-order valence-corrected chi connectivity index (χ4v) is 4.44. The third-order valence-corrected chi connectivity index (χ3v) is 6.36. The lowest BCUT2D eigenvalue weighted by Crippen LogP contribution is -2.12. The van der Waals surface area contributed by atoms with Gasteiger partial charge in [0.2, 0.25) is 0 Å². The number of aromatic nitrogens is 3. The highest BCUT2D eigenvalue weighted by Gasteiger charge is 2.06. The maximum absolute atomic E-state index is 7.37. The highest BCUT2D eigenvalue weighted by atomic mass is 79.9. The molecule has 1 heterocycles. The van der Waals surface area contributed by atoms with E-state index in [4.69, 9.17) is 19.7 Å². The zero-order chi connectivity index (χ0) is 25.0. The van der Waals surface area contributed by atoms with E-state index in [-0.39, 0.29) is 6.61 Å². The zero-order valence-corrected chi connectivity index (χ0v) is 22.8. The first-order chi connectivity index (χ1) is 17.0. The van der Waals surface area contributed by atoms with E-state index >= 15 is 0 Å². The summed E-state index contributed by atoms with van der Waals surface area (Å²) in [5.74, 6) is 1.61. The second-order valence-corrected chi connectivity index (χ2v) is 9.31. The summed E-state index contributed by atoms with van der Waals surface area (Å²) in [6, 6.07) is 12.0. The van der Waals surface area contributed by atoms with E-state index in [1.165, 1.54) is 11.1 Å². The molecule has 0 aliphatic carbocycles. The Morgan fingerprint density at radius 1 is 1.06 bits per heavy atom. The predicted molar refractivity (Wildman–Crippen MR) is 140 cm³/mol. The molecule has 2 aromatic carbocycles. The van der Waals surface area contributed by atoms with E-state index in [0.717, 1.165) is 39.0 Å². The molecule has 0 radical (unpaired) electrons. The summed E-state index contributed by atoms with van der Waals surface area (Å²) >= 11 is 7.00.